The van der Waals surface area contributed by atoms with Crippen molar-refractivity contribution in [1.82, 2.24) is 9.80 Å². The van der Waals surface area contributed by atoms with Gasteiger partial charge in [0.05, 0.1) is 18.9 Å². The highest BCUT2D eigenvalue weighted by Crippen LogP contribution is 2.19. The van der Waals surface area contributed by atoms with Crippen LogP contribution in [-0.2, 0) is 19.1 Å². The second-order valence-electron chi connectivity index (χ2n) is 4.64. The minimum atomic E-state index is -0.941. The predicted molar refractivity (Wildman–Crippen MR) is 66.5 cm³/mol. The molecule has 1 rings (SSSR count). The van der Waals surface area contributed by atoms with Crippen LogP contribution in [0.1, 0.15) is 12.8 Å². The molecule has 0 aromatic heterocycles. The Hall–Kier alpha value is -1.63. The Labute approximate surface area is 112 Å². The normalized spacial score (nSPS) is 18.7. The number of rotatable bonds is 7. The van der Waals surface area contributed by atoms with Gasteiger partial charge in [-0.1, -0.05) is 0 Å². The van der Waals surface area contributed by atoms with Crippen LogP contribution in [0.5, 0.6) is 0 Å². The summed E-state index contributed by atoms with van der Waals surface area (Å²) in [6.45, 7) is 1.48. The van der Waals surface area contributed by atoms with Crippen LogP contribution in [0, 0.1) is 5.92 Å². The average molecular weight is 272 g/mol. The number of aliphatic carboxylic acids is 1. The van der Waals surface area contributed by atoms with E-state index in [0.717, 1.165) is 0 Å². The molecule has 0 bridgehead atoms. The van der Waals surface area contributed by atoms with Crippen molar-refractivity contribution in [3.63, 3.8) is 0 Å². The van der Waals surface area contributed by atoms with Crippen molar-refractivity contribution in [3.8, 4) is 0 Å². The minimum absolute atomic E-state index is 0.0537. The lowest BCUT2D eigenvalue weighted by Crippen LogP contribution is -2.36. The summed E-state index contributed by atoms with van der Waals surface area (Å²) in [5.41, 5.74) is 0. The Bertz CT molecular complexity index is 358. The van der Waals surface area contributed by atoms with Crippen molar-refractivity contribution < 1.29 is 24.2 Å². The highest BCUT2D eigenvalue weighted by molar-refractivity contribution is 5.89. The van der Waals surface area contributed by atoms with Gasteiger partial charge in [0, 0.05) is 40.2 Å². The van der Waals surface area contributed by atoms with Gasteiger partial charge in [-0.3, -0.25) is 14.4 Å². The van der Waals surface area contributed by atoms with Crippen molar-refractivity contribution in [3.05, 3.63) is 0 Å². The molecule has 1 N–H and O–H groups in total. The van der Waals surface area contributed by atoms with Crippen LogP contribution in [0.25, 0.3) is 0 Å². The number of carbonyl (C=O) groups excluding carboxylic acids is 2. The molecule has 7 nitrogen and oxygen atoms in total. The summed E-state index contributed by atoms with van der Waals surface area (Å²) in [7, 11) is 3.12. The zero-order valence-corrected chi connectivity index (χ0v) is 11.3. The van der Waals surface area contributed by atoms with Crippen LogP contribution in [0.3, 0.4) is 0 Å². The van der Waals surface area contributed by atoms with Crippen LogP contribution < -0.4 is 0 Å². The maximum absolute atomic E-state index is 12.0. The molecule has 1 aliphatic heterocycles. The third-order valence-electron chi connectivity index (χ3n) is 3.17. The number of hydrogen-bond acceptors (Lipinski definition) is 4. The van der Waals surface area contributed by atoms with Crippen molar-refractivity contribution in [1.29, 1.82) is 0 Å². The van der Waals surface area contributed by atoms with E-state index in [1.54, 1.807) is 19.1 Å². The molecule has 19 heavy (non-hydrogen) atoms. The second kappa shape index (κ2) is 7.08. The van der Waals surface area contributed by atoms with Gasteiger partial charge >= 0.3 is 5.97 Å². The molecular formula is C12H20N2O5. The first-order chi connectivity index (χ1) is 8.95. The quantitative estimate of drug-likeness (QED) is 0.669. The number of amides is 2. The molecule has 1 fully saturated rings. The van der Waals surface area contributed by atoms with Gasteiger partial charge in [-0.2, -0.15) is 0 Å². The van der Waals surface area contributed by atoms with Gasteiger partial charge in [-0.05, 0) is 0 Å². The summed E-state index contributed by atoms with van der Waals surface area (Å²) in [5.74, 6) is -1.54. The van der Waals surface area contributed by atoms with E-state index in [4.69, 9.17) is 9.84 Å². The summed E-state index contributed by atoms with van der Waals surface area (Å²) in [5, 5.41) is 8.58. The molecule has 1 atom stereocenters. The fourth-order valence-corrected chi connectivity index (χ4v) is 2.04. The number of carboxylic acids is 1. The van der Waals surface area contributed by atoms with E-state index in [-0.39, 0.29) is 37.1 Å². The third-order valence-corrected chi connectivity index (χ3v) is 3.17. The lowest BCUT2D eigenvalue weighted by molar-refractivity contribution is -0.139. The standard InChI is InChI=1S/C12H20N2O5/c1-13(4-3-11(16)17)12(18)9-7-10(15)14(8-9)5-6-19-2/h9H,3-8H2,1-2H3,(H,16,17). The number of hydrogen-bond donors (Lipinski definition) is 1. The number of nitrogens with zero attached hydrogens (tertiary/aromatic N) is 2. The first-order valence-electron chi connectivity index (χ1n) is 6.19. The van der Waals surface area contributed by atoms with Crippen LogP contribution >= 0.6 is 0 Å². The maximum atomic E-state index is 12.0. The molecule has 0 saturated carbocycles. The van der Waals surface area contributed by atoms with Crippen molar-refractivity contribution in [2.75, 3.05) is 40.4 Å². The van der Waals surface area contributed by atoms with E-state index >= 15 is 0 Å². The molecule has 0 spiro atoms. The minimum Gasteiger partial charge on any atom is -0.481 e. The molecule has 7 heteroatoms. The van der Waals surface area contributed by atoms with Crippen LogP contribution in [0.15, 0.2) is 0 Å². The van der Waals surface area contributed by atoms with E-state index in [0.29, 0.717) is 19.7 Å². The topological polar surface area (TPSA) is 87.2 Å². The zero-order chi connectivity index (χ0) is 14.4. The fraction of sp³-hybridized carbons (Fsp3) is 0.750. The predicted octanol–water partition coefficient (Wildman–Crippen LogP) is -0.586. The second-order valence-corrected chi connectivity index (χ2v) is 4.64. The summed E-state index contributed by atoms with van der Waals surface area (Å²) in [6, 6.07) is 0. The molecule has 1 aliphatic rings. The molecule has 1 saturated heterocycles. The van der Waals surface area contributed by atoms with Crippen molar-refractivity contribution >= 4 is 17.8 Å². The van der Waals surface area contributed by atoms with Gasteiger partial charge in [0.1, 0.15) is 0 Å². The van der Waals surface area contributed by atoms with E-state index in [1.165, 1.54) is 4.90 Å². The monoisotopic (exact) mass is 272 g/mol. The lowest BCUT2D eigenvalue weighted by Gasteiger charge is -2.20. The SMILES string of the molecule is COCCN1CC(C(=O)N(C)CCC(=O)O)CC1=O. The Morgan fingerprint density at radius 3 is 2.79 bits per heavy atom. The zero-order valence-electron chi connectivity index (χ0n) is 11.3. The van der Waals surface area contributed by atoms with Gasteiger partial charge in [-0.15, -0.1) is 0 Å². The molecule has 0 aromatic rings. The molecule has 0 radical (unpaired) electrons. The van der Waals surface area contributed by atoms with Gasteiger partial charge in [0.2, 0.25) is 11.8 Å². The molecule has 1 unspecified atom stereocenters. The number of carboxylic acid groups (broad SMARTS) is 1. The van der Waals surface area contributed by atoms with Crippen molar-refractivity contribution in [2.45, 2.75) is 12.8 Å². The Balaban J connectivity index is 2.45. The molecule has 0 aliphatic carbocycles. The van der Waals surface area contributed by atoms with Crippen molar-refractivity contribution in [2.24, 2.45) is 5.92 Å². The van der Waals surface area contributed by atoms with E-state index in [1.807, 2.05) is 0 Å². The number of methoxy groups -OCH3 is 1. The summed E-state index contributed by atoms with van der Waals surface area (Å²) >= 11 is 0. The molecule has 108 valence electrons. The first kappa shape index (κ1) is 15.4. The van der Waals surface area contributed by atoms with Gasteiger partial charge < -0.3 is 19.6 Å². The largest absolute Gasteiger partial charge is 0.481 e. The van der Waals surface area contributed by atoms with Gasteiger partial charge in [0.25, 0.3) is 0 Å². The van der Waals surface area contributed by atoms with E-state index in [9.17, 15) is 14.4 Å². The summed E-state index contributed by atoms with van der Waals surface area (Å²) in [6.07, 6.45) is 0.107. The van der Waals surface area contributed by atoms with E-state index < -0.39 is 5.97 Å². The van der Waals surface area contributed by atoms with Crippen LogP contribution in [0.4, 0.5) is 0 Å². The summed E-state index contributed by atoms with van der Waals surface area (Å²) in [4.78, 5) is 37.2. The molecule has 2 amide bonds. The first-order valence-corrected chi connectivity index (χ1v) is 6.19. The lowest BCUT2D eigenvalue weighted by atomic mass is 10.1. The fourth-order valence-electron chi connectivity index (χ4n) is 2.04. The molecular weight excluding hydrogens is 252 g/mol. The van der Waals surface area contributed by atoms with Crippen LogP contribution in [-0.4, -0.2) is 73.1 Å². The molecule has 1 heterocycles. The van der Waals surface area contributed by atoms with E-state index in [2.05, 4.69) is 0 Å². The van der Waals surface area contributed by atoms with Gasteiger partial charge in [-0.25, -0.2) is 0 Å². The number of carbonyl (C=O) groups is 3. The smallest absolute Gasteiger partial charge is 0.305 e. The molecule has 0 aromatic carbocycles. The highest BCUT2D eigenvalue weighted by Gasteiger charge is 2.35. The Kier molecular flexibility index (Phi) is 5.75. The summed E-state index contributed by atoms with van der Waals surface area (Å²) < 4.78 is 4.91. The highest BCUT2D eigenvalue weighted by atomic mass is 16.5. The maximum Gasteiger partial charge on any atom is 0.305 e. The van der Waals surface area contributed by atoms with Crippen LogP contribution in [0.2, 0.25) is 0 Å². The van der Waals surface area contributed by atoms with Gasteiger partial charge in [0.15, 0.2) is 0 Å². The Morgan fingerprint density at radius 2 is 2.21 bits per heavy atom. The average Bonchev–Trinajstić information content (AvgIpc) is 2.73. The number of likely N-dealkylation sites (tertiary alicyclic amines) is 1. The Morgan fingerprint density at radius 1 is 1.53 bits per heavy atom. The number of ether oxygens (including phenoxy) is 1. The third kappa shape index (κ3) is 4.51.